The van der Waals surface area contributed by atoms with Crippen molar-refractivity contribution < 1.29 is 9.53 Å². The maximum Gasteiger partial charge on any atom is 0.227 e. The van der Waals surface area contributed by atoms with Gasteiger partial charge in [-0.1, -0.05) is 24.3 Å². The Morgan fingerprint density at radius 3 is 2.85 bits per heavy atom. The SMILES string of the molecule is COc1cccnc1N1CCCC(C(=O)N2CCc3ccccc3C2)C1. The molecule has 0 saturated carbocycles. The van der Waals surface area contributed by atoms with Crippen molar-refractivity contribution in [3.05, 3.63) is 53.7 Å². The second kappa shape index (κ2) is 7.36. The van der Waals surface area contributed by atoms with Crippen LogP contribution in [0.1, 0.15) is 24.0 Å². The van der Waals surface area contributed by atoms with Gasteiger partial charge in [-0.15, -0.1) is 0 Å². The molecule has 1 amide bonds. The number of hydrogen-bond donors (Lipinski definition) is 0. The largest absolute Gasteiger partial charge is 0.493 e. The maximum absolute atomic E-state index is 13.1. The lowest BCUT2D eigenvalue weighted by molar-refractivity contribution is -0.136. The summed E-state index contributed by atoms with van der Waals surface area (Å²) in [5.41, 5.74) is 2.66. The molecule has 0 radical (unpaired) electrons. The Balaban J connectivity index is 1.47. The molecule has 1 aromatic heterocycles. The summed E-state index contributed by atoms with van der Waals surface area (Å²) in [6, 6.07) is 12.3. The van der Waals surface area contributed by atoms with Crippen LogP contribution in [0.25, 0.3) is 0 Å². The summed E-state index contributed by atoms with van der Waals surface area (Å²) < 4.78 is 5.45. The Morgan fingerprint density at radius 2 is 2.00 bits per heavy atom. The molecule has 26 heavy (non-hydrogen) atoms. The van der Waals surface area contributed by atoms with Crippen molar-refractivity contribution >= 4 is 11.7 Å². The number of aromatic nitrogens is 1. The molecule has 1 unspecified atom stereocenters. The fourth-order valence-electron chi connectivity index (χ4n) is 4.09. The number of pyridine rings is 1. The fraction of sp³-hybridized carbons (Fsp3) is 0.429. The third kappa shape index (κ3) is 3.26. The Bertz CT molecular complexity index is 792. The number of rotatable bonds is 3. The minimum Gasteiger partial charge on any atom is -0.493 e. The molecule has 0 N–H and O–H groups in total. The van der Waals surface area contributed by atoms with E-state index in [0.717, 1.165) is 50.5 Å². The highest BCUT2D eigenvalue weighted by atomic mass is 16.5. The molecular formula is C21H25N3O2. The van der Waals surface area contributed by atoms with Crippen LogP contribution in [0.4, 0.5) is 5.82 Å². The summed E-state index contributed by atoms with van der Waals surface area (Å²) in [7, 11) is 1.66. The molecule has 3 heterocycles. The number of hydrogen-bond acceptors (Lipinski definition) is 4. The zero-order valence-corrected chi connectivity index (χ0v) is 15.2. The third-order valence-electron chi connectivity index (χ3n) is 5.48. The van der Waals surface area contributed by atoms with E-state index < -0.39 is 0 Å². The molecule has 2 aliphatic rings. The van der Waals surface area contributed by atoms with Gasteiger partial charge in [0.15, 0.2) is 11.6 Å². The number of nitrogens with zero attached hydrogens (tertiary/aromatic N) is 3. The van der Waals surface area contributed by atoms with E-state index in [-0.39, 0.29) is 11.8 Å². The molecule has 1 saturated heterocycles. The first-order valence-electron chi connectivity index (χ1n) is 9.36. The van der Waals surface area contributed by atoms with E-state index in [1.165, 1.54) is 11.1 Å². The van der Waals surface area contributed by atoms with Gasteiger partial charge in [0.2, 0.25) is 5.91 Å². The van der Waals surface area contributed by atoms with Gasteiger partial charge in [0.05, 0.1) is 13.0 Å². The van der Waals surface area contributed by atoms with Crippen molar-refractivity contribution in [3.8, 4) is 5.75 Å². The minimum atomic E-state index is 0.0284. The summed E-state index contributed by atoms with van der Waals surface area (Å²) in [5, 5.41) is 0. The summed E-state index contributed by atoms with van der Waals surface area (Å²) in [5.74, 6) is 1.92. The van der Waals surface area contributed by atoms with Gasteiger partial charge in [0.1, 0.15) is 0 Å². The number of piperidine rings is 1. The van der Waals surface area contributed by atoms with E-state index >= 15 is 0 Å². The highest BCUT2D eigenvalue weighted by molar-refractivity contribution is 5.80. The lowest BCUT2D eigenvalue weighted by atomic mass is 9.94. The predicted molar refractivity (Wildman–Crippen MR) is 101 cm³/mol. The molecule has 4 rings (SSSR count). The third-order valence-corrected chi connectivity index (χ3v) is 5.48. The second-order valence-corrected chi connectivity index (χ2v) is 7.09. The molecule has 0 spiro atoms. The van der Waals surface area contributed by atoms with Crippen molar-refractivity contribution in [1.29, 1.82) is 0 Å². The first kappa shape index (κ1) is 16.9. The predicted octanol–water partition coefficient (Wildman–Crippen LogP) is 2.89. The number of carbonyl (C=O) groups excluding carboxylic acids is 1. The molecule has 2 aliphatic heterocycles. The summed E-state index contributed by atoms with van der Waals surface area (Å²) in [4.78, 5) is 21.9. The molecule has 1 fully saturated rings. The van der Waals surface area contributed by atoms with E-state index in [4.69, 9.17) is 4.74 Å². The Morgan fingerprint density at radius 1 is 1.15 bits per heavy atom. The Labute approximate surface area is 154 Å². The van der Waals surface area contributed by atoms with Gasteiger partial charge in [0, 0.05) is 32.4 Å². The molecule has 1 atom stereocenters. The summed E-state index contributed by atoms with van der Waals surface area (Å²) in [6.45, 7) is 3.18. The average Bonchev–Trinajstić information content (AvgIpc) is 2.73. The molecule has 0 bridgehead atoms. The second-order valence-electron chi connectivity index (χ2n) is 7.09. The summed E-state index contributed by atoms with van der Waals surface area (Å²) in [6.07, 6.45) is 4.68. The van der Waals surface area contributed by atoms with Crippen LogP contribution in [-0.4, -0.2) is 42.5 Å². The molecule has 5 nitrogen and oxygen atoms in total. The molecule has 0 aliphatic carbocycles. The van der Waals surface area contributed by atoms with Gasteiger partial charge in [-0.05, 0) is 42.5 Å². The van der Waals surface area contributed by atoms with E-state index in [9.17, 15) is 4.79 Å². The molecule has 5 heteroatoms. The highest BCUT2D eigenvalue weighted by Crippen LogP contribution is 2.30. The monoisotopic (exact) mass is 351 g/mol. The van der Waals surface area contributed by atoms with Crippen molar-refractivity contribution in [3.63, 3.8) is 0 Å². The fourth-order valence-corrected chi connectivity index (χ4v) is 4.09. The molecule has 136 valence electrons. The van der Waals surface area contributed by atoms with Crippen LogP contribution in [0, 0.1) is 5.92 Å². The van der Waals surface area contributed by atoms with Crippen molar-refractivity contribution in [2.45, 2.75) is 25.8 Å². The minimum absolute atomic E-state index is 0.0284. The zero-order chi connectivity index (χ0) is 17.9. The molecular weight excluding hydrogens is 326 g/mol. The zero-order valence-electron chi connectivity index (χ0n) is 15.2. The van der Waals surface area contributed by atoms with Gasteiger partial charge in [-0.25, -0.2) is 4.98 Å². The van der Waals surface area contributed by atoms with Gasteiger partial charge in [0.25, 0.3) is 0 Å². The molecule has 1 aromatic carbocycles. The van der Waals surface area contributed by atoms with Crippen molar-refractivity contribution in [1.82, 2.24) is 9.88 Å². The van der Waals surface area contributed by atoms with Gasteiger partial charge in [-0.2, -0.15) is 0 Å². The van der Waals surface area contributed by atoms with Crippen molar-refractivity contribution in [2.24, 2.45) is 5.92 Å². The smallest absolute Gasteiger partial charge is 0.227 e. The van der Waals surface area contributed by atoms with Crippen LogP contribution in [0.3, 0.4) is 0 Å². The quantitative estimate of drug-likeness (QED) is 0.853. The van der Waals surface area contributed by atoms with Crippen LogP contribution in [0.2, 0.25) is 0 Å². The van der Waals surface area contributed by atoms with Gasteiger partial charge < -0.3 is 14.5 Å². The van der Waals surface area contributed by atoms with E-state index in [2.05, 4.69) is 34.1 Å². The number of benzene rings is 1. The van der Waals surface area contributed by atoms with E-state index in [1.54, 1.807) is 13.3 Å². The van der Waals surface area contributed by atoms with Crippen LogP contribution in [-0.2, 0) is 17.8 Å². The number of methoxy groups -OCH3 is 1. The Hall–Kier alpha value is -2.56. The standard InChI is InChI=1S/C21H25N3O2/c1-26-19-9-4-11-22-20(19)23-12-5-8-18(15-23)21(25)24-13-10-16-6-2-3-7-17(16)14-24/h2-4,6-7,9,11,18H,5,8,10,12-15H2,1H3. The number of anilines is 1. The highest BCUT2D eigenvalue weighted by Gasteiger charge is 2.32. The summed E-state index contributed by atoms with van der Waals surface area (Å²) >= 11 is 0. The average molecular weight is 351 g/mol. The van der Waals surface area contributed by atoms with Crippen LogP contribution < -0.4 is 9.64 Å². The maximum atomic E-state index is 13.1. The van der Waals surface area contributed by atoms with Crippen molar-refractivity contribution in [2.75, 3.05) is 31.6 Å². The van der Waals surface area contributed by atoms with Crippen LogP contribution in [0.5, 0.6) is 5.75 Å². The topological polar surface area (TPSA) is 45.7 Å². The van der Waals surface area contributed by atoms with Gasteiger partial charge in [-0.3, -0.25) is 4.79 Å². The number of ether oxygens (including phenoxy) is 1. The van der Waals surface area contributed by atoms with Crippen LogP contribution in [0.15, 0.2) is 42.6 Å². The normalized spacial score (nSPS) is 19.8. The number of carbonyl (C=O) groups is 1. The lowest BCUT2D eigenvalue weighted by Crippen LogP contribution is -2.46. The van der Waals surface area contributed by atoms with Crippen LogP contribution >= 0.6 is 0 Å². The number of amides is 1. The van der Waals surface area contributed by atoms with E-state index in [1.807, 2.05) is 17.0 Å². The Kier molecular flexibility index (Phi) is 4.78. The first-order chi connectivity index (χ1) is 12.8. The molecule has 2 aromatic rings. The lowest BCUT2D eigenvalue weighted by Gasteiger charge is -2.37. The first-order valence-corrected chi connectivity index (χ1v) is 9.36. The van der Waals surface area contributed by atoms with Gasteiger partial charge >= 0.3 is 0 Å². The van der Waals surface area contributed by atoms with E-state index in [0.29, 0.717) is 6.54 Å². The number of fused-ring (bicyclic) bond motifs is 1.